The lowest BCUT2D eigenvalue weighted by Crippen LogP contribution is -2.45. The number of rotatable bonds is 6. The number of carbonyl (C=O) groups excluding carboxylic acids is 1. The first-order valence-corrected chi connectivity index (χ1v) is 7.43. The largest absolute Gasteiger partial charge is 0.508 e. The molecule has 0 spiro atoms. The van der Waals surface area contributed by atoms with Gasteiger partial charge in [-0.05, 0) is 43.7 Å². The molecule has 0 heterocycles. The zero-order valence-corrected chi connectivity index (χ0v) is 13.4. The number of aromatic hydroxyl groups is 1. The van der Waals surface area contributed by atoms with Crippen molar-refractivity contribution in [2.75, 3.05) is 6.61 Å². The molecule has 0 saturated heterocycles. The monoisotopic (exact) mass is 336 g/mol. The van der Waals surface area contributed by atoms with E-state index in [0.717, 1.165) is 12.1 Å². The maximum atomic E-state index is 13.4. The van der Waals surface area contributed by atoms with Crippen LogP contribution < -0.4 is 4.74 Å². The molecular formula is C18H18F2O4. The van der Waals surface area contributed by atoms with Crippen molar-refractivity contribution in [3.05, 3.63) is 59.7 Å². The van der Waals surface area contributed by atoms with Crippen molar-refractivity contribution >= 4 is 5.97 Å². The molecule has 2 aromatic rings. The number of phenols is 1. The van der Waals surface area contributed by atoms with Crippen LogP contribution in [0.2, 0.25) is 0 Å². The number of hydrogen-bond acceptors (Lipinski definition) is 4. The van der Waals surface area contributed by atoms with Crippen LogP contribution in [-0.4, -0.2) is 23.3 Å². The fourth-order valence-corrected chi connectivity index (χ4v) is 2.24. The maximum absolute atomic E-state index is 13.4. The Balaban J connectivity index is 2.29. The molecule has 0 aliphatic carbocycles. The molecule has 2 aromatic carbocycles. The molecule has 0 radical (unpaired) electrons. The van der Waals surface area contributed by atoms with Crippen LogP contribution in [0, 0.1) is 11.6 Å². The highest BCUT2D eigenvalue weighted by Gasteiger charge is 2.38. The molecule has 1 atom stereocenters. The van der Waals surface area contributed by atoms with Crippen LogP contribution in [-0.2, 0) is 16.0 Å². The highest BCUT2D eigenvalue weighted by atomic mass is 19.2. The summed E-state index contributed by atoms with van der Waals surface area (Å²) in [7, 11) is 0. The normalized spacial score (nSPS) is 13.2. The van der Waals surface area contributed by atoms with E-state index in [0.29, 0.717) is 5.56 Å². The number of phenolic OH excluding ortho intramolecular Hbond substituents is 1. The van der Waals surface area contributed by atoms with E-state index in [-0.39, 0.29) is 24.5 Å². The second kappa shape index (κ2) is 7.29. The van der Waals surface area contributed by atoms with Gasteiger partial charge in [-0.1, -0.05) is 12.1 Å². The van der Waals surface area contributed by atoms with E-state index in [9.17, 15) is 18.7 Å². The van der Waals surface area contributed by atoms with E-state index in [4.69, 9.17) is 9.47 Å². The quantitative estimate of drug-likeness (QED) is 0.819. The van der Waals surface area contributed by atoms with Gasteiger partial charge in [0.15, 0.2) is 11.6 Å². The summed E-state index contributed by atoms with van der Waals surface area (Å²) in [5.41, 5.74) is -0.719. The van der Waals surface area contributed by atoms with E-state index in [1.165, 1.54) is 25.1 Å². The fourth-order valence-electron chi connectivity index (χ4n) is 2.24. The third-order valence-electron chi connectivity index (χ3n) is 3.42. The first kappa shape index (κ1) is 17.7. The summed E-state index contributed by atoms with van der Waals surface area (Å²) >= 11 is 0. The van der Waals surface area contributed by atoms with Crippen LogP contribution in [0.5, 0.6) is 11.5 Å². The number of ether oxygens (including phenoxy) is 2. The Hall–Kier alpha value is -2.63. The molecule has 4 nitrogen and oxygen atoms in total. The molecule has 2 rings (SSSR count). The van der Waals surface area contributed by atoms with Gasteiger partial charge in [0, 0.05) is 12.5 Å². The molecule has 1 N–H and O–H groups in total. The Morgan fingerprint density at radius 2 is 1.79 bits per heavy atom. The van der Waals surface area contributed by atoms with Crippen LogP contribution in [0.15, 0.2) is 42.5 Å². The zero-order valence-electron chi connectivity index (χ0n) is 13.4. The molecule has 6 heteroatoms. The highest BCUT2D eigenvalue weighted by molar-refractivity contribution is 5.80. The Bertz CT molecular complexity index is 715. The molecule has 0 bridgehead atoms. The van der Waals surface area contributed by atoms with Gasteiger partial charge in [0.05, 0.1) is 6.61 Å². The summed E-state index contributed by atoms with van der Waals surface area (Å²) in [6, 6.07) is 9.30. The summed E-state index contributed by atoms with van der Waals surface area (Å²) < 4.78 is 37.1. The van der Waals surface area contributed by atoms with Gasteiger partial charge in [0.2, 0.25) is 5.60 Å². The fraction of sp³-hybridized carbons (Fsp3) is 0.278. The minimum absolute atomic E-state index is 0.0169. The summed E-state index contributed by atoms with van der Waals surface area (Å²) in [6.07, 6.45) is 0.130. The lowest BCUT2D eigenvalue weighted by atomic mass is 9.96. The van der Waals surface area contributed by atoms with E-state index in [2.05, 4.69) is 0 Å². The van der Waals surface area contributed by atoms with Gasteiger partial charge in [-0.3, -0.25) is 0 Å². The van der Waals surface area contributed by atoms with E-state index in [1.54, 1.807) is 19.1 Å². The lowest BCUT2D eigenvalue weighted by Gasteiger charge is -2.28. The van der Waals surface area contributed by atoms with E-state index >= 15 is 0 Å². The van der Waals surface area contributed by atoms with Gasteiger partial charge in [-0.25, -0.2) is 13.6 Å². The summed E-state index contributed by atoms with van der Waals surface area (Å²) in [5.74, 6) is -2.58. The lowest BCUT2D eigenvalue weighted by molar-refractivity contribution is -0.160. The second-order valence-corrected chi connectivity index (χ2v) is 5.47. The topological polar surface area (TPSA) is 55.8 Å². The van der Waals surface area contributed by atoms with Gasteiger partial charge >= 0.3 is 5.97 Å². The molecule has 0 saturated carbocycles. The number of benzene rings is 2. The second-order valence-electron chi connectivity index (χ2n) is 5.47. The van der Waals surface area contributed by atoms with Crippen molar-refractivity contribution in [3.63, 3.8) is 0 Å². The van der Waals surface area contributed by atoms with Crippen molar-refractivity contribution in [2.24, 2.45) is 0 Å². The summed E-state index contributed by atoms with van der Waals surface area (Å²) in [5, 5.41) is 9.34. The predicted octanol–water partition coefficient (Wildman–Crippen LogP) is 3.61. The van der Waals surface area contributed by atoms with Gasteiger partial charge in [0.1, 0.15) is 11.5 Å². The SMILES string of the molecule is CCOC(=O)C(C)(Cc1ccc(O)cc1)Oc1ccc(F)c(F)c1. The summed E-state index contributed by atoms with van der Waals surface area (Å²) in [6.45, 7) is 3.33. The van der Waals surface area contributed by atoms with Crippen LogP contribution in [0.4, 0.5) is 8.78 Å². The van der Waals surface area contributed by atoms with Gasteiger partial charge < -0.3 is 14.6 Å². The first-order chi connectivity index (χ1) is 11.3. The van der Waals surface area contributed by atoms with Gasteiger partial charge in [0.25, 0.3) is 0 Å². The molecule has 0 amide bonds. The number of hydrogen-bond donors (Lipinski definition) is 1. The zero-order chi connectivity index (χ0) is 17.7. The third kappa shape index (κ3) is 4.22. The molecule has 0 aliphatic heterocycles. The van der Waals surface area contributed by atoms with Crippen LogP contribution >= 0.6 is 0 Å². The Labute approximate surface area is 138 Å². The molecule has 24 heavy (non-hydrogen) atoms. The summed E-state index contributed by atoms with van der Waals surface area (Å²) in [4.78, 5) is 12.3. The average molecular weight is 336 g/mol. The molecule has 128 valence electrons. The minimum atomic E-state index is -1.43. The van der Waals surface area contributed by atoms with Crippen LogP contribution in [0.1, 0.15) is 19.4 Å². The molecular weight excluding hydrogens is 318 g/mol. The number of halogens is 2. The van der Waals surface area contributed by atoms with E-state index < -0.39 is 23.2 Å². The smallest absolute Gasteiger partial charge is 0.350 e. The Morgan fingerprint density at radius 1 is 1.12 bits per heavy atom. The molecule has 0 fully saturated rings. The molecule has 0 aromatic heterocycles. The first-order valence-electron chi connectivity index (χ1n) is 7.43. The third-order valence-corrected chi connectivity index (χ3v) is 3.42. The van der Waals surface area contributed by atoms with Crippen LogP contribution in [0.3, 0.4) is 0 Å². The number of carbonyl (C=O) groups is 1. The Kier molecular flexibility index (Phi) is 5.39. The Morgan fingerprint density at radius 3 is 2.38 bits per heavy atom. The predicted molar refractivity (Wildman–Crippen MR) is 83.8 cm³/mol. The molecule has 1 unspecified atom stereocenters. The van der Waals surface area contributed by atoms with Crippen LogP contribution in [0.25, 0.3) is 0 Å². The van der Waals surface area contributed by atoms with Gasteiger partial charge in [-0.2, -0.15) is 0 Å². The molecule has 0 aliphatic rings. The van der Waals surface area contributed by atoms with Crippen molar-refractivity contribution in [1.29, 1.82) is 0 Å². The average Bonchev–Trinajstić information content (AvgIpc) is 2.53. The maximum Gasteiger partial charge on any atom is 0.350 e. The van der Waals surface area contributed by atoms with Gasteiger partial charge in [-0.15, -0.1) is 0 Å². The highest BCUT2D eigenvalue weighted by Crippen LogP contribution is 2.26. The van der Waals surface area contributed by atoms with Crippen molar-refractivity contribution in [3.8, 4) is 11.5 Å². The van der Waals surface area contributed by atoms with Crippen molar-refractivity contribution in [2.45, 2.75) is 25.9 Å². The van der Waals surface area contributed by atoms with Crippen molar-refractivity contribution in [1.82, 2.24) is 0 Å². The van der Waals surface area contributed by atoms with Crippen molar-refractivity contribution < 1.29 is 28.2 Å². The number of esters is 1. The standard InChI is InChI=1S/C18H18F2O4/c1-3-23-17(22)18(2,11-12-4-6-13(21)7-5-12)24-14-8-9-15(19)16(20)10-14/h4-10,21H,3,11H2,1-2H3. The van der Waals surface area contributed by atoms with E-state index in [1.807, 2.05) is 0 Å². The minimum Gasteiger partial charge on any atom is -0.508 e.